The lowest BCUT2D eigenvalue weighted by molar-refractivity contribution is 0.415. The predicted octanol–water partition coefficient (Wildman–Crippen LogP) is 5.66. The van der Waals surface area contributed by atoms with Crippen molar-refractivity contribution in [3.05, 3.63) is 69.1 Å². The zero-order valence-electron chi connectivity index (χ0n) is 17.1. The number of rotatable bonds is 7. The van der Waals surface area contributed by atoms with E-state index in [4.69, 9.17) is 16.3 Å². The molecule has 4 rings (SSSR count). The summed E-state index contributed by atoms with van der Waals surface area (Å²) in [5.74, 6) is 2.33. The number of nitrogens with zero attached hydrogens (tertiary/aromatic N) is 2. The van der Waals surface area contributed by atoms with Gasteiger partial charge in [0.05, 0.1) is 19.2 Å². The lowest BCUT2D eigenvalue weighted by Crippen LogP contribution is -2.06. The van der Waals surface area contributed by atoms with Gasteiger partial charge >= 0.3 is 0 Å². The first-order valence-corrected chi connectivity index (χ1v) is 10.9. The van der Waals surface area contributed by atoms with E-state index in [1.54, 1.807) is 18.4 Å². The molecule has 2 aromatic carbocycles. The molecule has 0 unspecified atom stereocenters. The number of benzene rings is 2. The number of halogens is 1. The number of methoxy groups -OCH3 is 1. The van der Waals surface area contributed by atoms with E-state index in [2.05, 4.69) is 38.1 Å². The SMILES string of the molecule is CNCc1cccc(Cl)c1-c1csc(CNc2nc(C)nc3cc(OC)ccc23)c1. The molecule has 0 bridgehead atoms. The molecule has 0 atom stereocenters. The molecule has 30 heavy (non-hydrogen) atoms. The summed E-state index contributed by atoms with van der Waals surface area (Å²) in [5.41, 5.74) is 4.28. The largest absolute Gasteiger partial charge is 0.497 e. The standard InChI is InChI=1S/C23H23ClN4OS/c1-14-27-21-10-17(29-3)7-8-19(21)23(28-14)26-12-18-9-16(13-30-18)22-15(11-25-2)5-4-6-20(22)24/h4-10,13,25H,11-12H2,1-3H3,(H,26,27,28). The first-order chi connectivity index (χ1) is 14.6. The second-order valence-electron chi connectivity index (χ2n) is 6.96. The van der Waals surface area contributed by atoms with E-state index in [9.17, 15) is 0 Å². The quantitative estimate of drug-likeness (QED) is 0.390. The van der Waals surface area contributed by atoms with Gasteiger partial charge in [-0.25, -0.2) is 9.97 Å². The van der Waals surface area contributed by atoms with Gasteiger partial charge in [-0.05, 0) is 54.7 Å². The number of thiophene rings is 1. The highest BCUT2D eigenvalue weighted by Crippen LogP contribution is 2.35. The Labute approximate surface area is 185 Å². The van der Waals surface area contributed by atoms with Crippen LogP contribution in [0.3, 0.4) is 0 Å². The topological polar surface area (TPSA) is 59.1 Å². The third kappa shape index (κ3) is 4.26. The molecule has 0 radical (unpaired) electrons. The van der Waals surface area contributed by atoms with E-state index < -0.39 is 0 Å². The van der Waals surface area contributed by atoms with E-state index in [1.165, 1.54) is 10.4 Å². The van der Waals surface area contributed by atoms with Crippen molar-refractivity contribution in [2.24, 2.45) is 0 Å². The van der Waals surface area contributed by atoms with Crippen molar-refractivity contribution >= 4 is 39.7 Å². The Morgan fingerprint density at radius 3 is 2.77 bits per heavy atom. The molecule has 0 saturated heterocycles. The van der Waals surface area contributed by atoms with Crippen molar-refractivity contribution in [3.8, 4) is 16.9 Å². The summed E-state index contributed by atoms with van der Waals surface area (Å²) in [6, 6.07) is 14.1. The van der Waals surface area contributed by atoms with Crippen molar-refractivity contribution in [2.75, 3.05) is 19.5 Å². The zero-order valence-corrected chi connectivity index (χ0v) is 18.7. The Balaban J connectivity index is 1.59. The van der Waals surface area contributed by atoms with Gasteiger partial charge in [0.1, 0.15) is 17.4 Å². The van der Waals surface area contributed by atoms with E-state index in [0.29, 0.717) is 6.54 Å². The molecule has 0 saturated carbocycles. The normalized spacial score (nSPS) is 11.1. The van der Waals surface area contributed by atoms with E-state index in [1.807, 2.05) is 44.3 Å². The molecule has 0 fully saturated rings. The van der Waals surface area contributed by atoms with Crippen molar-refractivity contribution in [2.45, 2.75) is 20.0 Å². The molecule has 154 valence electrons. The molecule has 2 N–H and O–H groups in total. The van der Waals surface area contributed by atoms with Crippen LogP contribution < -0.4 is 15.4 Å². The number of aryl methyl sites for hydroxylation is 1. The highest BCUT2D eigenvalue weighted by molar-refractivity contribution is 7.10. The second kappa shape index (κ2) is 9.00. The molecule has 0 amide bonds. The molecule has 5 nitrogen and oxygen atoms in total. The van der Waals surface area contributed by atoms with Crippen molar-refractivity contribution in [1.29, 1.82) is 0 Å². The maximum absolute atomic E-state index is 6.52. The molecule has 0 aliphatic rings. The third-order valence-corrected chi connectivity index (χ3v) is 6.11. The van der Waals surface area contributed by atoms with Gasteiger partial charge in [0.2, 0.25) is 0 Å². The van der Waals surface area contributed by atoms with Crippen LogP contribution in [0.25, 0.3) is 22.0 Å². The van der Waals surface area contributed by atoms with Crippen LogP contribution in [0, 0.1) is 6.92 Å². The molecule has 4 aromatic rings. The maximum Gasteiger partial charge on any atom is 0.137 e. The van der Waals surface area contributed by atoms with Crippen LogP contribution in [0.4, 0.5) is 5.82 Å². The van der Waals surface area contributed by atoms with Gasteiger partial charge in [0, 0.05) is 33.5 Å². The van der Waals surface area contributed by atoms with Gasteiger partial charge in [-0.1, -0.05) is 23.7 Å². The fourth-order valence-electron chi connectivity index (χ4n) is 3.49. The summed E-state index contributed by atoms with van der Waals surface area (Å²) in [6.07, 6.45) is 0. The number of hydrogen-bond donors (Lipinski definition) is 2. The van der Waals surface area contributed by atoms with Crippen LogP contribution in [-0.2, 0) is 13.1 Å². The fraction of sp³-hybridized carbons (Fsp3) is 0.217. The summed E-state index contributed by atoms with van der Waals surface area (Å²) in [6.45, 7) is 3.34. The number of nitrogens with one attached hydrogen (secondary N) is 2. The van der Waals surface area contributed by atoms with Gasteiger partial charge in [0.15, 0.2) is 0 Å². The Morgan fingerprint density at radius 2 is 1.97 bits per heavy atom. The van der Waals surface area contributed by atoms with Crippen LogP contribution in [0.15, 0.2) is 47.8 Å². The predicted molar refractivity (Wildman–Crippen MR) is 126 cm³/mol. The van der Waals surface area contributed by atoms with Crippen LogP contribution in [0.1, 0.15) is 16.3 Å². The fourth-order valence-corrected chi connectivity index (χ4v) is 4.61. The van der Waals surface area contributed by atoms with Crippen LogP contribution in [0.2, 0.25) is 5.02 Å². The van der Waals surface area contributed by atoms with E-state index >= 15 is 0 Å². The first-order valence-electron chi connectivity index (χ1n) is 9.65. The van der Waals surface area contributed by atoms with Crippen LogP contribution >= 0.6 is 22.9 Å². The molecule has 0 spiro atoms. The molecule has 2 heterocycles. The molecule has 7 heteroatoms. The van der Waals surface area contributed by atoms with Crippen molar-refractivity contribution in [3.63, 3.8) is 0 Å². The molecule has 0 aliphatic heterocycles. The Morgan fingerprint density at radius 1 is 1.10 bits per heavy atom. The van der Waals surface area contributed by atoms with E-state index in [-0.39, 0.29) is 0 Å². The Bertz CT molecular complexity index is 1190. The smallest absolute Gasteiger partial charge is 0.137 e. The number of fused-ring (bicyclic) bond motifs is 1. The second-order valence-corrected chi connectivity index (χ2v) is 8.37. The van der Waals surface area contributed by atoms with Gasteiger partial charge in [-0.2, -0.15) is 0 Å². The van der Waals surface area contributed by atoms with Crippen molar-refractivity contribution in [1.82, 2.24) is 15.3 Å². The van der Waals surface area contributed by atoms with Gasteiger partial charge < -0.3 is 15.4 Å². The summed E-state index contributed by atoms with van der Waals surface area (Å²) < 4.78 is 5.32. The minimum absolute atomic E-state index is 0.675. The summed E-state index contributed by atoms with van der Waals surface area (Å²) in [4.78, 5) is 10.3. The number of hydrogen-bond acceptors (Lipinski definition) is 6. The molecule has 0 aliphatic carbocycles. The van der Waals surface area contributed by atoms with Crippen molar-refractivity contribution < 1.29 is 4.74 Å². The van der Waals surface area contributed by atoms with Crippen LogP contribution in [0.5, 0.6) is 5.75 Å². The lowest BCUT2D eigenvalue weighted by Gasteiger charge is -2.10. The minimum Gasteiger partial charge on any atom is -0.497 e. The molecule has 2 aromatic heterocycles. The number of ether oxygens (including phenoxy) is 1. The van der Waals surface area contributed by atoms with Crippen LogP contribution in [-0.4, -0.2) is 24.1 Å². The number of aromatic nitrogens is 2. The average molecular weight is 439 g/mol. The molecular weight excluding hydrogens is 416 g/mol. The first kappa shape index (κ1) is 20.6. The Kier molecular flexibility index (Phi) is 6.18. The zero-order chi connectivity index (χ0) is 21.1. The minimum atomic E-state index is 0.675. The molecular formula is C23H23ClN4OS. The number of anilines is 1. The third-order valence-electron chi connectivity index (χ3n) is 4.86. The van der Waals surface area contributed by atoms with Gasteiger partial charge in [-0.15, -0.1) is 11.3 Å². The van der Waals surface area contributed by atoms with E-state index in [0.717, 1.165) is 51.0 Å². The maximum atomic E-state index is 6.52. The lowest BCUT2D eigenvalue weighted by atomic mass is 10.0. The van der Waals surface area contributed by atoms with Gasteiger partial charge in [-0.3, -0.25) is 0 Å². The highest BCUT2D eigenvalue weighted by atomic mass is 35.5. The average Bonchev–Trinajstić information content (AvgIpc) is 3.20. The van der Waals surface area contributed by atoms with Gasteiger partial charge in [0.25, 0.3) is 0 Å². The Hall–Kier alpha value is -2.67. The summed E-state index contributed by atoms with van der Waals surface area (Å²) in [5, 5.41) is 10.6. The summed E-state index contributed by atoms with van der Waals surface area (Å²) in [7, 11) is 3.60. The highest BCUT2D eigenvalue weighted by Gasteiger charge is 2.12. The monoisotopic (exact) mass is 438 g/mol. The summed E-state index contributed by atoms with van der Waals surface area (Å²) >= 11 is 8.23.